The summed E-state index contributed by atoms with van der Waals surface area (Å²) in [6, 6.07) is 6.79. The van der Waals surface area contributed by atoms with Crippen LogP contribution in [0.1, 0.15) is 31.1 Å². The van der Waals surface area contributed by atoms with Gasteiger partial charge in [0.25, 0.3) is 5.91 Å². The minimum absolute atomic E-state index is 0.222. The predicted octanol–water partition coefficient (Wildman–Crippen LogP) is 1.73. The molecular formula is C14H22N2O3. The average molecular weight is 266 g/mol. The average Bonchev–Trinajstić information content (AvgIpc) is 2.43. The maximum absolute atomic E-state index is 11.2. The predicted molar refractivity (Wildman–Crippen MR) is 73.8 cm³/mol. The zero-order valence-corrected chi connectivity index (χ0v) is 11.7. The number of hydrazine groups is 1. The van der Waals surface area contributed by atoms with Crippen LogP contribution in [0.2, 0.25) is 0 Å². The molecule has 0 saturated carbocycles. The second kappa shape index (κ2) is 7.76. The van der Waals surface area contributed by atoms with Crippen molar-refractivity contribution in [2.24, 2.45) is 11.8 Å². The summed E-state index contributed by atoms with van der Waals surface area (Å²) >= 11 is 0. The van der Waals surface area contributed by atoms with Gasteiger partial charge in [0.05, 0.1) is 12.7 Å². The minimum Gasteiger partial charge on any atom is -0.491 e. The summed E-state index contributed by atoms with van der Waals surface area (Å²) in [5.74, 6) is 5.92. The molecule has 0 heterocycles. The number of nitrogens with two attached hydrogens (primary N) is 1. The van der Waals surface area contributed by atoms with E-state index in [9.17, 15) is 4.79 Å². The Labute approximate surface area is 114 Å². The van der Waals surface area contributed by atoms with Crippen molar-refractivity contribution in [2.75, 3.05) is 13.2 Å². The molecule has 0 aliphatic heterocycles. The van der Waals surface area contributed by atoms with Crippen molar-refractivity contribution in [2.45, 2.75) is 26.9 Å². The third kappa shape index (κ3) is 5.28. The highest BCUT2D eigenvalue weighted by molar-refractivity contribution is 5.93. The Balaban J connectivity index is 2.32. The molecule has 1 unspecified atom stereocenters. The molecule has 0 radical (unpaired) electrons. The number of nitrogen functional groups attached to an aromatic ring is 1. The molecule has 1 rings (SSSR count). The van der Waals surface area contributed by atoms with Gasteiger partial charge in [-0.1, -0.05) is 13.8 Å². The van der Waals surface area contributed by atoms with Crippen molar-refractivity contribution in [3.05, 3.63) is 29.8 Å². The molecule has 0 bridgehead atoms. The fraction of sp³-hybridized carbons (Fsp3) is 0.500. The lowest BCUT2D eigenvalue weighted by atomic mass is 10.1. The van der Waals surface area contributed by atoms with Crippen LogP contribution in [-0.2, 0) is 4.74 Å². The summed E-state index contributed by atoms with van der Waals surface area (Å²) < 4.78 is 11.1. The minimum atomic E-state index is -0.319. The van der Waals surface area contributed by atoms with Crippen molar-refractivity contribution < 1.29 is 14.3 Å². The molecule has 106 valence electrons. The molecule has 0 spiro atoms. The van der Waals surface area contributed by atoms with Gasteiger partial charge in [-0.2, -0.15) is 0 Å². The fourth-order valence-corrected chi connectivity index (χ4v) is 1.37. The number of carbonyl (C=O) groups is 1. The van der Waals surface area contributed by atoms with Crippen molar-refractivity contribution in [1.82, 2.24) is 5.43 Å². The smallest absolute Gasteiger partial charge is 0.265 e. The topological polar surface area (TPSA) is 73.6 Å². The van der Waals surface area contributed by atoms with Gasteiger partial charge in [0.15, 0.2) is 0 Å². The van der Waals surface area contributed by atoms with E-state index in [0.29, 0.717) is 30.4 Å². The van der Waals surface area contributed by atoms with Crippen molar-refractivity contribution >= 4 is 5.91 Å². The first-order chi connectivity index (χ1) is 9.04. The number of nitrogens with one attached hydrogen (secondary N) is 1. The lowest BCUT2D eigenvalue weighted by Gasteiger charge is -2.16. The van der Waals surface area contributed by atoms with E-state index < -0.39 is 0 Å². The van der Waals surface area contributed by atoms with Gasteiger partial charge in [-0.25, -0.2) is 5.84 Å². The van der Waals surface area contributed by atoms with Gasteiger partial charge in [0.2, 0.25) is 0 Å². The summed E-state index contributed by atoms with van der Waals surface area (Å²) in [7, 11) is 0. The van der Waals surface area contributed by atoms with Crippen LogP contribution in [0.3, 0.4) is 0 Å². The summed E-state index contributed by atoms with van der Waals surface area (Å²) in [5, 5.41) is 0. The number of hydrogen-bond donors (Lipinski definition) is 2. The molecular weight excluding hydrogens is 244 g/mol. The van der Waals surface area contributed by atoms with Crippen LogP contribution < -0.4 is 16.0 Å². The van der Waals surface area contributed by atoms with E-state index in [1.165, 1.54) is 0 Å². The molecule has 0 aromatic heterocycles. The number of hydrogen-bond acceptors (Lipinski definition) is 4. The van der Waals surface area contributed by atoms with E-state index in [2.05, 4.69) is 19.3 Å². The lowest BCUT2D eigenvalue weighted by molar-refractivity contribution is 0.0188. The summed E-state index contributed by atoms with van der Waals surface area (Å²) in [6.07, 6.45) is 0.222. The summed E-state index contributed by atoms with van der Waals surface area (Å²) in [4.78, 5) is 11.2. The maximum atomic E-state index is 11.2. The molecule has 1 amide bonds. The molecule has 1 atom stereocenters. The van der Waals surface area contributed by atoms with E-state index in [0.717, 1.165) is 0 Å². The van der Waals surface area contributed by atoms with Crippen LogP contribution >= 0.6 is 0 Å². The Bertz CT molecular complexity index is 390. The van der Waals surface area contributed by atoms with Crippen molar-refractivity contribution in [3.63, 3.8) is 0 Å². The molecule has 0 aliphatic rings. The quantitative estimate of drug-likeness (QED) is 0.341. The van der Waals surface area contributed by atoms with Crippen molar-refractivity contribution in [1.29, 1.82) is 0 Å². The van der Waals surface area contributed by atoms with Crippen LogP contribution in [0.4, 0.5) is 0 Å². The van der Waals surface area contributed by atoms with Crippen LogP contribution in [0.5, 0.6) is 5.75 Å². The molecule has 19 heavy (non-hydrogen) atoms. The molecule has 1 aromatic carbocycles. The van der Waals surface area contributed by atoms with Gasteiger partial charge in [0.1, 0.15) is 12.4 Å². The van der Waals surface area contributed by atoms with E-state index >= 15 is 0 Å². The largest absolute Gasteiger partial charge is 0.491 e. The zero-order chi connectivity index (χ0) is 14.3. The van der Waals surface area contributed by atoms with Crippen LogP contribution in [0, 0.1) is 5.92 Å². The molecule has 0 fully saturated rings. The molecule has 0 aliphatic carbocycles. The van der Waals surface area contributed by atoms with E-state index in [1.807, 2.05) is 6.92 Å². The number of ether oxygens (including phenoxy) is 2. The van der Waals surface area contributed by atoms with E-state index in [4.69, 9.17) is 15.3 Å². The van der Waals surface area contributed by atoms with Crippen LogP contribution in [0.25, 0.3) is 0 Å². The monoisotopic (exact) mass is 266 g/mol. The van der Waals surface area contributed by atoms with Gasteiger partial charge in [-0.3, -0.25) is 10.2 Å². The van der Waals surface area contributed by atoms with Crippen LogP contribution in [0.15, 0.2) is 24.3 Å². The first-order valence-electron chi connectivity index (χ1n) is 6.40. The number of carbonyl (C=O) groups excluding carboxylic acids is 1. The SMILES string of the molecule is CC(C)C(C)OCCOc1ccc(C(=O)NN)cc1. The molecule has 5 heteroatoms. The second-order valence-electron chi connectivity index (χ2n) is 4.67. The normalized spacial score (nSPS) is 12.3. The second-order valence-corrected chi connectivity index (χ2v) is 4.67. The van der Waals surface area contributed by atoms with Crippen LogP contribution in [-0.4, -0.2) is 25.2 Å². The molecule has 3 N–H and O–H groups in total. The number of amides is 1. The highest BCUT2D eigenvalue weighted by atomic mass is 16.5. The third-order valence-corrected chi connectivity index (χ3v) is 2.92. The van der Waals surface area contributed by atoms with E-state index in [1.54, 1.807) is 24.3 Å². The first kappa shape index (κ1) is 15.5. The molecule has 1 aromatic rings. The lowest BCUT2D eigenvalue weighted by Crippen LogP contribution is -2.29. The highest BCUT2D eigenvalue weighted by Gasteiger charge is 2.07. The number of benzene rings is 1. The van der Waals surface area contributed by atoms with Crippen molar-refractivity contribution in [3.8, 4) is 5.75 Å². The molecule has 5 nitrogen and oxygen atoms in total. The fourth-order valence-electron chi connectivity index (χ4n) is 1.37. The Morgan fingerprint density at radius 1 is 1.21 bits per heavy atom. The highest BCUT2D eigenvalue weighted by Crippen LogP contribution is 2.12. The van der Waals surface area contributed by atoms with Gasteiger partial charge >= 0.3 is 0 Å². The van der Waals surface area contributed by atoms with Gasteiger partial charge < -0.3 is 9.47 Å². The Kier molecular flexibility index (Phi) is 6.32. The van der Waals surface area contributed by atoms with Gasteiger partial charge in [-0.05, 0) is 37.1 Å². The Hall–Kier alpha value is -1.59. The maximum Gasteiger partial charge on any atom is 0.265 e. The third-order valence-electron chi connectivity index (χ3n) is 2.92. The molecule has 0 saturated heterocycles. The van der Waals surface area contributed by atoms with Gasteiger partial charge in [-0.15, -0.1) is 0 Å². The van der Waals surface area contributed by atoms with E-state index in [-0.39, 0.29) is 12.0 Å². The Morgan fingerprint density at radius 2 is 1.84 bits per heavy atom. The van der Waals surface area contributed by atoms with Gasteiger partial charge in [0, 0.05) is 5.56 Å². The number of rotatable bonds is 7. The first-order valence-corrected chi connectivity index (χ1v) is 6.40. The summed E-state index contributed by atoms with van der Waals surface area (Å²) in [6.45, 7) is 7.31. The zero-order valence-electron chi connectivity index (χ0n) is 11.7. The Morgan fingerprint density at radius 3 is 2.37 bits per heavy atom. The standard InChI is InChI=1S/C14H22N2O3/c1-10(2)11(3)18-8-9-19-13-6-4-12(5-7-13)14(17)16-15/h4-7,10-11H,8-9,15H2,1-3H3,(H,16,17). The summed E-state index contributed by atoms with van der Waals surface area (Å²) in [5.41, 5.74) is 2.58.